The monoisotopic (exact) mass is 605 g/mol. The lowest BCUT2D eigenvalue weighted by Crippen LogP contribution is -2.13. The van der Waals surface area contributed by atoms with Gasteiger partial charge in [0, 0.05) is 33.8 Å². The molecule has 0 heterocycles. The molecule has 0 bridgehead atoms. The fourth-order valence-corrected chi connectivity index (χ4v) is 6.43. The highest BCUT2D eigenvalue weighted by atomic mass is 16.5. The molecule has 224 valence electrons. The average Bonchev–Trinajstić information content (AvgIpc) is 3.05. The third-order valence-electron chi connectivity index (χ3n) is 8.61. The predicted molar refractivity (Wildman–Crippen MR) is 180 cm³/mol. The number of hydrogen-bond donors (Lipinski definition) is 2. The third kappa shape index (κ3) is 4.70. The van der Waals surface area contributed by atoms with Gasteiger partial charge in [-0.05, 0) is 82.7 Å². The van der Waals surface area contributed by atoms with Crippen molar-refractivity contribution in [2.24, 2.45) is 0 Å². The number of Topliss-reactive ketones (excluding diaryl/α,β-unsaturated/α-hetero) is 1. The van der Waals surface area contributed by atoms with Crippen LogP contribution in [0.2, 0.25) is 0 Å². The van der Waals surface area contributed by atoms with Crippen molar-refractivity contribution in [1.82, 2.24) is 0 Å². The van der Waals surface area contributed by atoms with E-state index < -0.39 is 5.97 Å². The van der Waals surface area contributed by atoms with Gasteiger partial charge >= 0.3 is 5.97 Å². The molecule has 0 fully saturated rings. The van der Waals surface area contributed by atoms with Gasteiger partial charge in [-0.3, -0.25) is 14.4 Å². The minimum Gasteiger partial charge on any atom is -0.478 e. The summed E-state index contributed by atoms with van der Waals surface area (Å²) in [5, 5.41) is 18.2. The maximum Gasteiger partial charge on any atom is 0.336 e. The molecule has 0 aliphatic carbocycles. The molecule has 2 N–H and O–H groups in total. The molecule has 1 amide bonds. The van der Waals surface area contributed by atoms with Gasteiger partial charge in [-0.15, -0.1) is 0 Å². The maximum atomic E-state index is 13.8. The number of aryl methyl sites for hydroxylation is 2. The SMILES string of the molecule is Cc1ccc(CC(=O)c2ccc3c4ccc(OC=O)c5c(C(=O)Nc6ccc(C)cc6)ccc(c6ccc(C(=O)O)c2c63)c54)cc1. The van der Waals surface area contributed by atoms with E-state index in [1.54, 1.807) is 30.3 Å². The number of anilines is 1. The Morgan fingerprint density at radius 2 is 1.15 bits per heavy atom. The van der Waals surface area contributed by atoms with Crippen molar-refractivity contribution in [2.45, 2.75) is 20.3 Å². The molecular weight excluding hydrogens is 578 g/mol. The normalized spacial score (nSPS) is 11.3. The Kier molecular flexibility index (Phi) is 6.94. The Balaban J connectivity index is 1.50. The summed E-state index contributed by atoms with van der Waals surface area (Å²) in [5.74, 6) is -1.49. The summed E-state index contributed by atoms with van der Waals surface area (Å²) in [6.45, 7) is 4.26. The Hall–Kier alpha value is -6.08. The Labute approximate surface area is 263 Å². The fraction of sp³-hybridized carbons (Fsp3) is 0.0769. The highest BCUT2D eigenvalue weighted by molar-refractivity contribution is 6.38. The molecule has 0 saturated heterocycles. The summed E-state index contributed by atoms with van der Waals surface area (Å²) in [6, 6.07) is 28.8. The number of rotatable bonds is 8. The standard InChI is InChI=1S/C39H27NO6/c1-21-3-7-23(8-4-21)19-32(42)29-14-11-25-28-17-18-33(46-20-41)37-30(38(43)40-24-9-5-22(2)6-10-24)15-12-27(35(28)37)26-13-16-31(39(44)45)36(29)34(25)26/h3-18,20H,19H2,1-2H3,(H,40,43)(H,44,45). The number of fused-ring (bicyclic) bond motifs is 2. The van der Waals surface area contributed by atoms with Crippen molar-refractivity contribution in [3.05, 3.63) is 130 Å². The average molecular weight is 606 g/mol. The fourth-order valence-electron chi connectivity index (χ4n) is 6.43. The van der Waals surface area contributed by atoms with Crippen LogP contribution < -0.4 is 10.1 Å². The van der Waals surface area contributed by atoms with Crippen LogP contribution in [0.25, 0.3) is 43.1 Å². The molecule has 7 aromatic rings. The van der Waals surface area contributed by atoms with Gasteiger partial charge in [0.25, 0.3) is 12.4 Å². The van der Waals surface area contributed by atoms with Crippen LogP contribution in [0.5, 0.6) is 5.75 Å². The number of aromatic carboxylic acids is 1. The van der Waals surface area contributed by atoms with Gasteiger partial charge in [-0.2, -0.15) is 0 Å². The first-order chi connectivity index (χ1) is 22.2. The lowest BCUT2D eigenvalue weighted by atomic mass is 9.84. The van der Waals surface area contributed by atoms with Gasteiger partial charge in [-0.25, -0.2) is 4.79 Å². The van der Waals surface area contributed by atoms with Crippen LogP contribution in [0, 0.1) is 13.8 Å². The first kappa shape index (κ1) is 28.7. The lowest BCUT2D eigenvalue weighted by molar-refractivity contribution is -0.120. The van der Waals surface area contributed by atoms with Gasteiger partial charge in [-0.1, -0.05) is 71.8 Å². The molecule has 0 aliphatic heterocycles. The van der Waals surface area contributed by atoms with Crippen molar-refractivity contribution in [1.29, 1.82) is 0 Å². The molecule has 0 atom stereocenters. The van der Waals surface area contributed by atoms with E-state index in [9.17, 15) is 24.3 Å². The molecule has 7 aromatic carbocycles. The molecule has 0 aliphatic rings. The summed E-state index contributed by atoms with van der Waals surface area (Å²) >= 11 is 0. The number of carbonyl (C=O) groups is 4. The van der Waals surface area contributed by atoms with Crippen molar-refractivity contribution in [3.8, 4) is 5.75 Å². The second kappa shape index (κ2) is 11.1. The summed E-state index contributed by atoms with van der Waals surface area (Å²) in [4.78, 5) is 51.6. The number of amides is 1. The molecule has 46 heavy (non-hydrogen) atoms. The molecule has 0 unspecified atom stereocenters. The smallest absolute Gasteiger partial charge is 0.336 e. The Morgan fingerprint density at radius 1 is 0.630 bits per heavy atom. The lowest BCUT2D eigenvalue weighted by Gasteiger charge is -2.20. The zero-order valence-electron chi connectivity index (χ0n) is 25.0. The van der Waals surface area contributed by atoms with E-state index in [2.05, 4.69) is 5.32 Å². The predicted octanol–water partition coefficient (Wildman–Crippen LogP) is 8.27. The zero-order valence-corrected chi connectivity index (χ0v) is 25.0. The first-order valence-electron chi connectivity index (χ1n) is 14.8. The van der Waals surface area contributed by atoms with Crippen LogP contribution in [0.15, 0.2) is 97.1 Å². The molecule has 7 rings (SSSR count). The van der Waals surface area contributed by atoms with Crippen molar-refractivity contribution in [3.63, 3.8) is 0 Å². The molecular formula is C39H27NO6. The number of hydrogen-bond acceptors (Lipinski definition) is 5. The highest BCUT2D eigenvalue weighted by Gasteiger charge is 2.25. The second-order valence-corrected chi connectivity index (χ2v) is 11.5. The molecule has 0 aromatic heterocycles. The summed E-state index contributed by atoms with van der Waals surface area (Å²) < 4.78 is 5.40. The molecule has 0 radical (unpaired) electrons. The van der Waals surface area contributed by atoms with E-state index in [0.717, 1.165) is 27.5 Å². The van der Waals surface area contributed by atoms with Gasteiger partial charge in [0.15, 0.2) is 5.78 Å². The van der Waals surface area contributed by atoms with Crippen molar-refractivity contribution < 1.29 is 29.0 Å². The molecule has 7 nitrogen and oxygen atoms in total. The number of ether oxygens (including phenoxy) is 1. The van der Waals surface area contributed by atoms with Crippen molar-refractivity contribution >= 4 is 72.9 Å². The van der Waals surface area contributed by atoms with Crippen LogP contribution >= 0.6 is 0 Å². The van der Waals surface area contributed by atoms with E-state index in [1.807, 2.05) is 74.5 Å². The highest BCUT2D eigenvalue weighted by Crippen LogP contribution is 2.45. The molecule has 7 heteroatoms. The van der Waals surface area contributed by atoms with E-state index in [4.69, 9.17) is 4.74 Å². The zero-order chi connectivity index (χ0) is 32.1. The number of benzene rings is 7. The van der Waals surface area contributed by atoms with Gasteiger partial charge in [0.1, 0.15) is 5.75 Å². The van der Waals surface area contributed by atoms with Gasteiger partial charge < -0.3 is 15.2 Å². The van der Waals surface area contributed by atoms with E-state index >= 15 is 0 Å². The summed E-state index contributed by atoms with van der Waals surface area (Å²) in [7, 11) is 0. The van der Waals surface area contributed by atoms with Crippen LogP contribution in [-0.2, 0) is 11.2 Å². The minimum absolute atomic E-state index is 0.0301. The Bertz CT molecular complexity index is 2350. The largest absolute Gasteiger partial charge is 0.478 e. The van der Waals surface area contributed by atoms with Crippen LogP contribution in [0.3, 0.4) is 0 Å². The van der Waals surface area contributed by atoms with E-state index in [0.29, 0.717) is 55.6 Å². The van der Waals surface area contributed by atoms with E-state index in [-0.39, 0.29) is 29.4 Å². The van der Waals surface area contributed by atoms with Crippen molar-refractivity contribution in [2.75, 3.05) is 5.32 Å². The van der Waals surface area contributed by atoms with Gasteiger partial charge in [0.2, 0.25) is 0 Å². The number of ketones is 1. The number of carboxylic acid groups (broad SMARTS) is 1. The van der Waals surface area contributed by atoms with Crippen LogP contribution in [0.4, 0.5) is 5.69 Å². The van der Waals surface area contributed by atoms with Crippen LogP contribution in [0.1, 0.15) is 47.8 Å². The topological polar surface area (TPSA) is 110 Å². The maximum absolute atomic E-state index is 13.8. The summed E-state index contributed by atoms with van der Waals surface area (Å²) in [5.41, 5.74) is 4.26. The number of nitrogens with one attached hydrogen (secondary N) is 1. The van der Waals surface area contributed by atoms with Gasteiger partial charge in [0.05, 0.1) is 11.1 Å². The number of carboxylic acids is 1. The minimum atomic E-state index is -1.14. The summed E-state index contributed by atoms with van der Waals surface area (Å²) in [6.07, 6.45) is 0.121. The first-order valence-corrected chi connectivity index (χ1v) is 14.8. The quantitative estimate of drug-likeness (QED) is 0.0781. The molecule has 0 saturated carbocycles. The Morgan fingerprint density at radius 3 is 1.74 bits per heavy atom. The number of carbonyl (C=O) groups excluding carboxylic acids is 3. The van der Waals surface area contributed by atoms with E-state index in [1.165, 1.54) is 6.07 Å². The molecule has 0 spiro atoms. The second-order valence-electron chi connectivity index (χ2n) is 11.5. The van der Waals surface area contributed by atoms with Crippen LogP contribution in [-0.4, -0.2) is 29.2 Å². The third-order valence-corrected chi connectivity index (χ3v) is 8.61.